The molecule has 0 fully saturated rings. The first-order chi connectivity index (χ1) is 11.4. The molecule has 1 amide bonds. The van der Waals surface area contributed by atoms with E-state index in [2.05, 4.69) is 4.98 Å². The van der Waals surface area contributed by atoms with Crippen LogP contribution in [0.1, 0.15) is 10.4 Å². The van der Waals surface area contributed by atoms with E-state index in [1.807, 2.05) is 10.3 Å². The number of sulfonamides is 1. The number of benzene rings is 2. The van der Waals surface area contributed by atoms with Gasteiger partial charge in [-0.05, 0) is 24.3 Å². The van der Waals surface area contributed by atoms with Gasteiger partial charge in [0, 0.05) is 6.07 Å². The Hall–Kier alpha value is -2.98. The van der Waals surface area contributed by atoms with Crippen molar-refractivity contribution in [1.82, 2.24) is 15.2 Å². The predicted molar refractivity (Wildman–Crippen MR) is 81.0 cm³/mol. The smallest absolute Gasteiger partial charge is 0.408 e. The molecular weight excluding hydrogens is 341 g/mol. The van der Waals surface area contributed by atoms with Gasteiger partial charge in [-0.3, -0.25) is 15.2 Å². The minimum atomic E-state index is -4.14. The standard InChI is InChI=1S/C14H10FN3O5S/c15-10-4-2-1-3-9(10)13(19)17-18-24(21,22)8-5-6-11-12(7-8)23-14(20)16-11/h1-7,18H,(H,16,20)(H,17,19). The second kappa shape index (κ2) is 5.91. The number of oxazole rings is 1. The molecule has 0 saturated heterocycles. The van der Waals surface area contributed by atoms with Gasteiger partial charge in [0.05, 0.1) is 16.0 Å². The summed E-state index contributed by atoms with van der Waals surface area (Å²) in [5, 5.41) is 0. The lowest BCUT2D eigenvalue weighted by Crippen LogP contribution is -2.41. The number of H-pyrrole nitrogens is 1. The molecule has 2 aromatic carbocycles. The molecule has 8 nitrogen and oxygen atoms in total. The molecule has 0 saturated carbocycles. The average Bonchev–Trinajstić information content (AvgIpc) is 2.92. The highest BCUT2D eigenvalue weighted by molar-refractivity contribution is 7.89. The maximum absolute atomic E-state index is 13.5. The van der Waals surface area contributed by atoms with Gasteiger partial charge in [-0.25, -0.2) is 17.6 Å². The fraction of sp³-hybridized carbons (Fsp3) is 0. The van der Waals surface area contributed by atoms with E-state index in [0.29, 0.717) is 5.52 Å². The third kappa shape index (κ3) is 3.05. The van der Waals surface area contributed by atoms with E-state index < -0.39 is 27.5 Å². The van der Waals surface area contributed by atoms with Gasteiger partial charge in [0.15, 0.2) is 5.58 Å². The maximum atomic E-state index is 13.5. The van der Waals surface area contributed by atoms with Gasteiger partial charge in [-0.1, -0.05) is 12.1 Å². The van der Waals surface area contributed by atoms with E-state index >= 15 is 0 Å². The molecule has 1 heterocycles. The van der Waals surface area contributed by atoms with Crippen molar-refractivity contribution < 1.29 is 22.0 Å². The predicted octanol–water partition coefficient (Wildman–Crippen LogP) is 0.883. The van der Waals surface area contributed by atoms with Crippen LogP contribution in [0.4, 0.5) is 4.39 Å². The van der Waals surface area contributed by atoms with Crippen LogP contribution >= 0.6 is 0 Å². The monoisotopic (exact) mass is 351 g/mol. The number of halogens is 1. The molecule has 3 aromatic rings. The van der Waals surface area contributed by atoms with Crippen molar-refractivity contribution in [3.63, 3.8) is 0 Å². The van der Waals surface area contributed by atoms with Crippen molar-refractivity contribution in [2.75, 3.05) is 0 Å². The van der Waals surface area contributed by atoms with Gasteiger partial charge in [-0.2, -0.15) is 0 Å². The van der Waals surface area contributed by atoms with Crippen molar-refractivity contribution in [3.8, 4) is 0 Å². The van der Waals surface area contributed by atoms with Gasteiger partial charge in [-0.15, -0.1) is 4.83 Å². The van der Waals surface area contributed by atoms with E-state index in [4.69, 9.17) is 4.42 Å². The Kier molecular flexibility index (Phi) is 3.91. The maximum Gasteiger partial charge on any atom is 0.417 e. The van der Waals surface area contributed by atoms with Crippen molar-refractivity contribution in [2.45, 2.75) is 4.90 Å². The first-order valence-electron chi connectivity index (χ1n) is 6.56. The van der Waals surface area contributed by atoms with Crippen LogP contribution in [0.15, 0.2) is 56.6 Å². The number of amides is 1. The number of fused-ring (bicyclic) bond motifs is 1. The molecule has 0 bridgehead atoms. The van der Waals surface area contributed by atoms with E-state index in [0.717, 1.165) is 12.1 Å². The molecule has 1 aromatic heterocycles. The Balaban J connectivity index is 1.81. The molecule has 3 rings (SSSR count). The number of rotatable bonds is 4. The van der Waals surface area contributed by atoms with Crippen LogP contribution < -0.4 is 16.0 Å². The third-order valence-corrected chi connectivity index (χ3v) is 4.37. The Bertz CT molecular complexity index is 1090. The average molecular weight is 351 g/mol. The molecule has 0 atom stereocenters. The summed E-state index contributed by atoms with van der Waals surface area (Å²) in [6, 6.07) is 8.79. The van der Waals surface area contributed by atoms with Crippen molar-refractivity contribution >= 4 is 27.0 Å². The number of aromatic amines is 1. The molecule has 3 N–H and O–H groups in total. The van der Waals surface area contributed by atoms with Crippen LogP contribution in [-0.4, -0.2) is 19.3 Å². The largest absolute Gasteiger partial charge is 0.417 e. The van der Waals surface area contributed by atoms with Crippen molar-refractivity contribution in [2.24, 2.45) is 0 Å². The number of hydrazine groups is 1. The summed E-state index contributed by atoms with van der Waals surface area (Å²) < 4.78 is 42.6. The molecule has 0 aliphatic heterocycles. The van der Waals surface area contributed by atoms with Crippen LogP contribution in [0, 0.1) is 5.82 Å². The number of hydrogen-bond donors (Lipinski definition) is 3. The van der Waals surface area contributed by atoms with E-state index in [9.17, 15) is 22.4 Å². The van der Waals surface area contributed by atoms with E-state index in [1.165, 1.54) is 30.3 Å². The summed E-state index contributed by atoms with van der Waals surface area (Å²) in [5.41, 5.74) is 1.97. The highest BCUT2D eigenvalue weighted by Crippen LogP contribution is 2.16. The summed E-state index contributed by atoms with van der Waals surface area (Å²) in [4.78, 5) is 26.9. The Labute approximate surface area is 134 Å². The first-order valence-corrected chi connectivity index (χ1v) is 8.05. The highest BCUT2D eigenvalue weighted by atomic mass is 32.2. The third-order valence-electron chi connectivity index (χ3n) is 3.12. The zero-order chi connectivity index (χ0) is 17.3. The van der Waals surface area contributed by atoms with Crippen LogP contribution in [0.2, 0.25) is 0 Å². The van der Waals surface area contributed by atoms with E-state index in [1.54, 1.807) is 0 Å². The normalized spacial score (nSPS) is 11.5. The fourth-order valence-electron chi connectivity index (χ4n) is 1.98. The summed E-state index contributed by atoms with van der Waals surface area (Å²) in [6.45, 7) is 0. The van der Waals surface area contributed by atoms with Crippen LogP contribution in [0.5, 0.6) is 0 Å². The highest BCUT2D eigenvalue weighted by Gasteiger charge is 2.18. The van der Waals surface area contributed by atoms with Gasteiger partial charge >= 0.3 is 5.76 Å². The lowest BCUT2D eigenvalue weighted by atomic mass is 10.2. The molecule has 0 unspecified atom stereocenters. The van der Waals surface area contributed by atoms with E-state index in [-0.39, 0.29) is 16.0 Å². The number of aromatic nitrogens is 1. The van der Waals surface area contributed by atoms with Crippen molar-refractivity contribution in [3.05, 3.63) is 64.4 Å². The van der Waals surface area contributed by atoms with Gasteiger partial charge < -0.3 is 4.42 Å². The Morgan fingerprint density at radius 3 is 2.67 bits per heavy atom. The molecular formula is C14H10FN3O5S. The van der Waals surface area contributed by atoms with Crippen LogP contribution in [0.3, 0.4) is 0 Å². The van der Waals surface area contributed by atoms with Crippen LogP contribution in [-0.2, 0) is 10.0 Å². The summed E-state index contributed by atoms with van der Waals surface area (Å²) in [6.07, 6.45) is 0. The second-order valence-corrected chi connectivity index (χ2v) is 6.39. The zero-order valence-corrected chi connectivity index (χ0v) is 12.7. The summed E-state index contributed by atoms with van der Waals surface area (Å²) in [7, 11) is -4.14. The van der Waals surface area contributed by atoms with Gasteiger partial charge in [0.1, 0.15) is 5.82 Å². The Morgan fingerprint density at radius 2 is 1.92 bits per heavy atom. The molecule has 24 heavy (non-hydrogen) atoms. The molecule has 0 aliphatic rings. The summed E-state index contributed by atoms with van der Waals surface area (Å²) >= 11 is 0. The van der Waals surface area contributed by atoms with Crippen molar-refractivity contribution in [1.29, 1.82) is 0 Å². The number of carbonyl (C=O) groups excluding carboxylic acids is 1. The summed E-state index contributed by atoms with van der Waals surface area (Å²) in [5.74, 6) is -2.46. The number of carbonyl (C=O) groups is 1. The zero-order valence-electron chi connectivity index (χ0n) is 11.9. The van der Waals surface area contributed by atoms with Gasteiger partial charge in [0.2, 0.25) is 0 Å². The lowest BCUT2D eigenvalue weighted by Gasteiger charge is -2.08. The molecule has 0 radical (unpaired) electrons. The number of hydrogen-bond acceptors (Lipinski definition) is 5. The second-order valence-electron chi connectivity index (χ2n) is 4.71. The Morgan fingerprint density at radius 1 is 1.17 bits per heavy atom. The van der Waals surface area contributed by atoms with Crippen LogP contribution in [0.25, 0.3) is 11.1 Å². The minimum Gasteiger partial charge on any atom is -0.408 e. The first kappa shape index (κ1) is 15.9. The molecule has 10 heteroatoms. The number of nitrogens with one attached hydrogen (secondary N) is 3. The SMILES string of the molecule is O=C(NNS(=O)(=O)c1ccc2[nH]c(=O)oc2c1)c1ccccc1F. The molecule has 0 aliphatic carbocycles. The lowest BCUT2D eigenvalue weighted by molar-refractivity contribution is 0.0941. The topological polar surface area (TPSA) is 121 Å². The fourth-order valence-corrected chi connectivity index (χ4v) is 2.83. The van der Waals surface area contributed by atoms with Gasteiger partial charge in [0.25, 0.3) is 15.9 Å². The minimum absolute atomic E-state index is 0.0447. The quantitative estimate of drug-likeness (QED) is 0.603. The molecule has 124 valence electrons. The molecule has 0 spiro atoms.